The van der Waals surface area contributed by atoms with E-state index in [1.807, 2.05) is 0 Å². The van der Waals surface area contributed by atoms with Crippen LogP contribution < -0.4 is 5.56 Å². The largest absolute Gasteiger partial charge is 0.492 e. The van der Waals surface area contributed by atoms with Gasteiger partial charge in [-0.1, -0.05) is 36.3 Å². The molecule has 0 spiro atoms. The lowest BCUT2D eigenvalue weighted by atomic mass is 10.1. The predicted octanol–water partition coefficient (Wildman–Crippen LogP) is 3.43. The Balaban J connectivity index is 2.01. The molecule has 0 fully saturated rings. The van der Waals surface area contributed by atoms with Gasteiger partial charge in [-0.3, -0.25) is 9.89 Å². The van der Waals surface area contributed by atoms with Gasteiger partial charge in [-0.15, -0.1) is 6.42 Å². The minimum Gasteiger partial charge on any atom is -0.492 e. The number of hydrogen-bond donors (Lipinski definition) is 1. The number of hydrogen-bond acceptors (Lipinski definition) is 5. The molecule has 8 nitrogen and oxygen atoms in total. The van der Waals surface area contributed by atoms with Crippen LogP contribution in [0, 0.1) is 19.3 Å². The average molecular weight is 454 g/mol. The molecule has 11 heteroatoms. The van der Waals surface area contributed by atoms with Crippen LogP contribution in [0.4, 0.5) is 13.2 Å². The zero-order chi connectivity index (χ0) is 23.9. The van der Waals surface area contributed by atoms with Gasteiger partial charge in [-0.2, -0.15) is 22.8 Å². The predicted molar refractivity (Wildman–Crippen MR) is 115 cm³/mol. The number of rotatable bonds is 4. The fourth-order valence-electron chi connectivity index (χ4n) is 3.51. The van der Waals surface area contributed by atoms with Crippen LogP contribution in [-0.2, 0) is 18.0 Å². The summed E-state index contributed by atoms with van der Waals surface area (Å²) in [6.07, 6.45) is 1.89. The summed E-state index contributed by atoms with van der Waals surface area (Å²) >= 11 is 0. The van der Waals surface area contributed by atoms with Crippen molar-refractivity contribution in [3.63, 3.8) is 0 Å². The molecule has 0 saturated carbocycles. The standard InChI is InChI=1S/C22H17F3N6O2/c1-5-9-14(33-4)19-27-18(29-30(19)3)15-12(2)26-20-16(13-10-7-6-8-11-13)17(22(23,24)25)28-31(20)21(15)32/h1,6-11,28H,2-4H3/b14-9+. The Morgan fingerprint density at radius 1 is 1.21 bits per heavy atom. The van der Waals surface area contributed by atoms with Crippen molar-refractivity contribution in [1.29, 1.82) is 0 Å². The number of fused-ring (bicyclic) bond motifs is 1. The highest BCUT2D eigenvalue weighted by molar-refractivity contribution is 5.81. The summed E-state index contributed by atoms with van der Waals surface area (Å²) in [4.78, 5) is 22.0. The van der Waals surface area contributed by atoms with Gasteiger partial charge < -0.3 is 4.74 Å². The molecule has 0 bridgehead atoms. The third kappa shape index (κ3) is 3.65. The third-order valence-electron chi connectivity index (χ3n) is 4.95. The molecular weight excluding hydrogens is 437 g/mol. The summed E-state index contributed by atoms with van der Waals surface area (Å²) in [7, 11) is 2.96. The molecule has 4 aromatic rings. The first-order valence-corrected chi connectivity index (χ1v) is 9.57. The second-order valence-electron chi connectivity index (χ2n) is 7.02. The van der Waals surface area contributed by atoms with Gasteiger partial charge in [0, 0.05) is 13.1 Å². The molecule has 1 N–H and O–H groups in total. The molecule has 0 saturated heterocycles. The number of aryl methyl sites for hydroxylation is 2. The van der Waals surface area contributed by atoms with E-state index in [-0.39, 0.29) is 45.4 Å². The topological polar surface area (TPSA) is 90.1 Å². The lowest BCUT2D eigenvalue weighted by Gasteiger charge is -2.07. The summed E-state index contributed by atoms with van der Waals surface area (Å²) in [6, 6.07) is 7.93. The van der Waals surface area contributed by atoms with E-state index in [2.05, 4.69) is 26.1 Å². The Labute approximate surface area is 185 Å². The van der Waals surface area contributed by atoms with Gasteiger partial charge in [0.05, 0.1) is 18.4 Å². The number of aromatic amines is 1. The van der Waals surface area contributed by atoms with Crippen molar-refractivity contribution >= 4 is 11.4 Å². The molecule has 0 amide bonds. The first-order chi connectivity index (χ1) is 15.7. The van der Waals surface area contributed by atoms with Crippen LogP contribution in [-0.4, -0.2) is 36.5 Å². The minimum atomic E-state index is -4.75. The van der Waals surface area contributed by atoms with E-state index in [1.165, 1.54) is 36.9 Å². The number of aromatic nitrogens is 6. The number of halogens is 3. The summed E-state index contributed by atoms with van der Waals surface area (Å²) in [5.41, 5.74) is -1.85. The summed E-state index contributed by atoms with van der Waals surface area (Å²) < 4.78 is 48.9. The molecule has 0 radical (unpaired) electrons. The van der Waals surface area contributed by atoms with E-state index in [0.29, 0.717) is 0 Å². The molecule has 1 aromatic carbocycles. The SMILES string of the molecule is C#C/C=C(/OC)c1nc(-c2c(C)nc3c(-c4ccccc4)c(C(F)(F)F)[nH]n3c2=O)nn1C. The highest BCUT2D eigenvalue weighted by atomic mass is 19.4. The van der Waals surface area contributed by atoms with Crippen molar-refractivity contribution in [3.8, 4) is 34.9 Å². The van der Waals surface area contributed by atoms with Crippen molar-refractivity contribution in [2.24, 2.45) is 7.05 Å². The number of alkyl halides is 3. The van der Waals surface area contributed by atoms with Gasteiger partial charge in [-0.25, -0.2) is 14.6 Å². The zero-order valence-corrected chi connectivity index (χ0v) is 17.7. The number of nitrogens with one attached hydrogen (secondary N) is 1. The van der Waals surface area contributed by atoms with Gasteiger partial charge >= 0.3 is 6.18 Å². The summed E-state index contributed by atoms with van der Waals surface area (Å²) in [5, 5.41) is 6.40. The van der Waals surface area contributed by atoms with Crippen molar-refractivity contribution in [3.05, 3.63) is 64.0 Å². The van der Waals surface area contributed by atoms with E-state index in [9.17, 15) is 18.0 Å². The fourth-order valence-corrected chi connectivity index (χ4v) is 3.51. The van der Waals surface area contributed by atoms with Gasteiger partial charge in [-0.05, 0) is 12.5 Å². The third-order valence-corrected chi connectivity index (χ3v) is 4.95. The molecular formula is C22H17F3N6O2. The smallest absolute Gasteiger partial charge is 0.433 e. The normalized spacial score (nSPS) is 12.2. The van der Waals surface area contributed by atoms with E-state index in [0.717, 1.165) is 4.52 Å². The lowest BCUT2D eigenvalue weighted by molar-refractivity contribution is -0.140. The van der Waals surface area contributed by atoms with Crippen LogP contribution in [0.3, 0.4) is 0 Å². The number of methoxy groups -OCH3 is 1. The Morgan fingerprint density at radius 2 is 1.91 bits per heavy atom. The van der Waals surface area contributed by atoms with Crippen LogP contribution in [0.2, 0.25) is 0 Å². The van der Waals surface area contributed by atoms with E-state index in [4.69, 9.17) is 11.2 Å². The van der Waals surface area contributed by atoms with Crippen LogP contribution >= 0.6 is 0 Å². The molecule has 33 heavy (non-hydrogen) atoms. The molecule has 3 aromatic heterocycles. The number of terminal acetylenes is 1. The molecule has 0 aliphatic heterocycles. The quantitative estimate of drug-likeness (QED) is 0.377. The monoisotopic (exact) mass is 454 g/mol. The Morgan fingerprint density at radius 3 is 2.52 bits per heavy atom. The van der Waals surface area contributed by atoms with Gasteiger partial charge in [0.1, 0.15) is 11.3 Å². The molecule has 0 unspecified atom stereocenters. The number of nitrogens with zero attached hydrogens (tertiary/aromatic N) is 5. The number of H-pyrrole nitrogens is 1. The van der Waals surface area contributed by atoms with E-state index in [1.54, 1.807) is 25.2 Å². The van der Waals surface area contributed by atoms with Gasteiger partial charge in [0.2, 0.25) is 0 Å². The number of ether oxygens (including phenoxy) is 1. The van der Waals surface area contributed by atoms with Crippen LogP contribution in [0.5, 0.6) is 0 Å². The van der Waals surface area contributed by atoms with Crippen molar-refractivity contribution < 1.29 is 17.9 Å². The maximum absolute atomic E-state index is 13.8. The second kappa shape index (κ2) is 7.98. The van der Waals surface area contributed by atoms with Crippen molar-refractivity contribution in [2.45, 2.75) is 13.1 Å². The summed E-state index contributed by atoms with van der Waals surface area (Å²) in [5.74, 6) is 2.76. The van der Waals surface area contributed by atoms with Gasteiger partial charge in [0.25, 0.3) is 5.56 Å². The number of allylic oxidation sites excluding steroid dienone is 1. The molecule has 0 aliphatic rings. The molecule has 0 aliphatic carbocycles. The highest BCUT2D eigenvalue weighted by Crippen LogP contribution is 2.38. The summed E-state index contributed by atoms with van der Waals surface area (Å²) in [6.45, 7) is 1.51. The Bertz CT molecular complexity index is 1490. The van der Waals surface area contributed by atoms with Crippen LogP contribution in [0.25, 0.3) is 33.9 Å². The molecule has 168 valence electrons. The Kier molecular flexibility index (Phi) is 5.29. The minimum absolute atomic E-state index is 0.0266. The van der Waals surface area contributed by atoms with Crippen molar-refractivity contribution in [2.75, 3.05) is 7.11 Å². The van der Waals surface area contributed by atoms with Gasteiger partial charge in [0.15, 0.2) is 23.1 Å². The average Bonchev–Trinajstić information content (AvgIpc) is 3.33. The Hall–Kier alpha value is -4.33. The van der Waals surface area contributed by atoms with Crippen molar-refractivity contribution in [1.82, 2.24) is 29.4 Å². The first kappa shape index (κ1) is 21.9. The van der Waals surface area contributed by atoms with Crippen LogP contribution in [0.1, 0.15) is 17.2 Å². The maximum Gasteiger partial charge on any atom is 0.433 e. The van der Waals surface area contributed by atoms with E-state index < -0.39 is 17.4 Å². The molecule has 3 heterocycles. The first-order valence-electron chi connectivity index (χ1n) is 9.57. The van der Waals surface area contributed by atoms with Crippen LogP contribution in [0.15, 0.2) is 41.2 Å². The lowest BCUT2D eigenvalue weighted by Crippen LogP contribution is -2.20. The molecule has 4 rings (SSSR count). The number of benzene rings is 1. The maximum atomic E-state index is 13.8. The second-order valence-corrected chi connectivity index (χ2v) is 7.02. The highest BCUT2D eigenvalue weighted by Gasteiger charge is 2.38. The molecule has 0 atom stereocenters. The fraction of sp³-hybridized carbons (Fsp3) is 0.182. The zero-order valence-electron chi connectivity index (χ0n) is 17.7. The van der Waals surface area contributed by atoms with E-state index >= 15 is 0 Å².